The van der Waals surface area contributed by atoms with Crippen LogP contribution >= 0.6 is 0 Å². The van der Waals surface area contributed by atoms with Crippen molar-refractivity contribution in [1.29, 1.82) is 0 Å². The lowest BCUT2D eigenvalue weighted by Crippen LogP contribution is -2.40. The maximum Gasteiger partial charge on any atom is 0.317 e. The van der Waals surface area contributed by atoms with Gasteiger partial charge >= 0.3 is 6.03 Å². The molecule has 100 valence electrons. The van der Waals surface area contributed by atoms with Crippen molar-refractivity contribution in [2.24, 2.45) is 0 Å². The van der Waals surface area contributed by atoms with E-state index in [2.05, 4.69) is 5.32 Å². The van der Waals surface area contributed by atoms with E-state index in [1.165, 1.54) is 7.11 Å². The molecule has 1 rings (SSSR count). The second-order valence-electron chi connectivity index (χ2n) is 4.47. The number of benzene rings is 1. The van der Waals surface area contributed by atoms with Gasteiger partial charge in [0.15, 0.2) is 11.5 Å². The Bertz CT molecular complexity index is 419. The normalized spacial score (nSPS) is 10.3. The SMILES string of the molecule is COc1ccc(CN(C)C(=O)NC(C)C)cc1O. The Kier molecular flexibility index (Phi) is 4.83. The van der Waals surface area contributed by atoms with Crippen LogP contribution in [0.1, 0.15) is 19.4 Å². The lowest BCUT2D eigenvalue weighted by Gasteiger charge is -2.20. The third kappa shape index (κ3) is 3.84. The predicted octanol–water partition coefficient (Wildman–Crippen LogP) is 1.95. The van der Waals surface area contributed by atoms with Crippen LogP contribution in [0.25, 0.3) is 0 Å². The summed E-state index contributed by atoms with van der Waals surface area (Å²) in [6, 6.07) is 5.05. The minimum absolute atomic E-state index is 0.0765. The first kappa shape index (κ1) is 14.2. The number of amides is 2. The smallest absolute Gasteiger partial charge is 0.317 e. The number of carbonyl (C=O) groups is 1. The van der Waals surface area contributed by atoms with E-state index in [0.717, 1.165) is 5.56 Å². The monoisotopic (exact) mass is 252 g/mol. The lowest BCUT2D eigenvalue weighted by atomic mass is 10.2. The second kappa shape index (κ2) is 6.14. The standard InChI is InChI=1S/C13H20N2O3/c1-9(2)14-13(17)15(3)8-10-5-6-12(18-4)11(16)7-10/h5-7,9,16H,8H2,1-4H3,(H,14,17). The fourth-order valence-electron chi connectivity index (χ4n) is 1.54. The van der Waals surface area contributed by atoms with Crippen molar-refractivity contribution < 1.29 is 14.6 Å². The summed E-state index contributed by atoms with van der Waals surface area (Å²) < 4.78 is 4.96. The number of hydrogen-bond acceptors (Lipinski definition) is 3. The molecule has 0 aliphatic heterocycles. The maximum atomic E-state index is 11.7. The van der Waals surface area contributed by atoms with E-state index in [0.29, 0.717) is 12.3 Å². The summed E-state index contributed by atoms with van der Waals surface area (Å²) >= 11 is 0. The molecule has 0 spiro atoms. The van der Waals surface area contributed by atoms with Gasteiger partial charge in [0, 0.05) is 19.6 Å². The predicted molar refractivity (Wildman–Crippen MR) is 69.8 cm³/mol. The lowest BCUT2D eigenvalue weighted by molar-refractivity contribution is 0.204. The number of methoxy groups -OCH3 is 1. The van der Waals surface area contributed by atoms with Crippen molar-refractivity contribution in [3.05, 3.63) is 23.8 Å². The van der Waals surface area contributed by atoms with Gasteiger partial charge in [-0.25, -0.2) is 4.79 Å². The van der Waals surface area contributed by atoms with Gasteiger partial charge in [-0.2, -0.15) is 0 Å². The number of rotatable bonds is 4. The Labute approximate surface area is 107 Å². The first-order chi connectivity index (χ1) is 8.43. The van der Waals surface area contributed by atoms with Crippen LogP contribution in [0.5, 0.6) is 11.5 Å². The van der Waals surface area contributed by atoms with Crippen LogP contribution in [0.15, 0.2) is 18.2 Å². The van der Waals surface area contributed by atoms with Gasteiger partial charge in [-0.1, -0.05) is 6.07 Å². The zero-order chi connectivity index (χ0) is 13.7. The summed E-state index contributed by atoms with van der Waals surface area (Å²) in [4.78, 5) is 13.3. The summed E-state index contributed by atoms with van der Waals surface area (Å²) in [7, 11) is 3.20. The fraction of sp³-hybridized carbons (Fsp3) is 0.462. The third-order valence-corrected chi connectivity index (χ3v) is 2.42. The van der Waals surface area contributed by atoms with E-state index >= 15 is 0 Å². The molecule has 0 radical (unpaired) electrons. The molecule has 0 atom stereocenters. The number of ether oxygens (including phenoxy) is 1. The van der Waals surface area contributed by atoms with Gasteiger partial charge in [-0.3, -0.25) is 0 Å². The number of phenols is 1. The zero-order valence-electron chi connectivity index (χ0n) is 11.2. The number of carbonyl (C=O) groups excluding carboxylic acids is 1. The average molecular weight is 252 g/mol. The molecule has 0 aliphatic rings. The molecular weight excluding hydrogens is 232 g/mol. The minimum atomic E-state index is -0.139. The molecule has 0 aromatic heterocycles. The van der Waals surface area contributed by atoms with Crippen LogP contribution in [0, 0.1) is 0 Å². The van der Waals surface area contributed by atoms with Crippen molar-refractivity contribution in [3.63, 3.8) is 0 Å². The van der Waals surface area contributed by atoms with Crippen molar-refractivity contribution in [1.82, 2.24) is 10.2 Å². The summed E-state index contributed by atoms with van der Waals surface area (Å²) in [5.74, 6) is 0.501. The van der Waals surface area contributed by atoms with Gasteiger partial charge in [0.25, 0.3) is 0 Å². The fourth-order valence-corrected chi connectivity index (χ4v) is 1.54. The Morgan fingerprint density at radius 3 is 2.67 bits per heavy atom. The van der Waals surface area contributed by atoms with Gasteiger partial charge in [-0.05, 0) is 31.5 Å². The molecule has 0 aliphatic carbocycles. The van der Waals surface area contributed by atoms with Gasteiger partial charge in [0.05, 0.1) is 7.11 Å². The first-order valence-electron chi connectivity index (χ1n) is 5.81. The molecule has 18 heavy (non-hydrogen) atoms. The molecule has 1 aromatic rings. The number of aromatic hydroxyl groups is 1. The van der Waals surface area contributed by atoms with E-state index in [1.54, 1.807) is 24.1 Å². The van der Waals surface area contributed by atoms with Gasteiger partial charge in [0.2, 0.25) is 0 Å². The molecule has 0 heterocycles. The van der Waals surface area contributed by atoms with E-state index in [9.17, 15) is 9.90 Å². The van der Waals surface area contributed by atoms with Crippen LogP contribution in [0.3, 0.4) is 0 Å². The first-order valence-corrected chi connectivity index (χ1v) is 5.81. The highest BCUT2D eigenvalue weighted by atomic mass is 16.5. The topological polar surface area (TPSA) is 61.8 Å². The molecule has 0 bridgehead atoms. The molecule has 2 N–H and O–H groups in total. The van der Waals surface area contributed by atoms with E-state index in [4.69, 9.17) is 4.74 Å². The highest BCUT2D eigenvalue weighted by Gasteiger charge is 2.11. The van der Waals surface area contributed by atoms with Crippen LogP contribution in [0.4, 0.5) is 4.79 Å². The van der Waals surface area contributed by atoms with Gasteiger partial charge in [-0.15, -0.1) is 0 Å². The molecule has 0 saturated carbocycles. The molecule has 0 saturated heterocycles. The van der Waals surface area contributed by atoms with Crippen molar-refractivity contribution in [2.75, 3.05) is 14.2 Å². The Morgan fingerprint density at radius 1 is 1.50 bits per heavy atom. The molecule has 1 aromatic carbocycles. The highest BCUT2D eigenvalue weighted by molar-refractivity contribution is 5.74. The molecule has 0 fully saturated rings. The molecule has 0 unspecified atom stereocenters. The van der Waals surface area contributed by atoms with Crippen molar-refractivity contribution in [2.45, 2.75) is 26.4 Å². The number of nitrogens with one attached hydrogen (secondary N) is 1. The number of phenolic OH excluding ortho intramolecular Hbond substituents is 1. The quantitative estimate of drug-likeness (QED) is 0.861. The number of hydrogen-bond donors (Lipinski definition) is 2. The Balaban J connectivity index is 2.67. The molecule has 5 nitrogen and oxygen atoms in total. The summed E-state index contributed by atoms with van der Waals surface area (Å²) in [5.41, 5.74) is 0.842. The summed E-state index contributed by atoms with van der Waals surface area (Å²) in [6.45, 7) is 4.24. The second-order valence-corrected chi connectivity index (χ2v) is 4.47. The van der Waals surface area contributed by atoms with Crippen LogP contribution < -0.4 is 10.1 Å². The molecule has 2 amide bonds. The van der Waals surface area contributed by atoms with Gasteiger partial charge in [0.1, 0.15) is 0 Å². The largest absolute Gasteiger partial charge is 0.504 e. The van der Waals surface area contributed by atoms with E-state index in [-0.39, 0.29) is 17.8 Å². The van der Waals surface area contributed by atoms with Crippen LogP contribution in [-0.2, 0) is 6.54 Å². The van der Waals surface area contributed by atoms with E-state index in [1.807, 2.05) is 19.9 Å². The number of nitrogens with zero attached hydrogens (tertiary/aromatic N) is 1. The van der Waals surface area contributed by atoms with Crippen molar-refractivity contribution >= 4 is 6.03 Å². The third-order valence-electron chi connectivity index (χ3n) is 2.42. The highest BCUT2D eigenvalue weighted by Crippen LogP contribution is 2.26. The van der Waals surface area contributed by atoms with Gasteiger partial charge < -0.3 is 20.1 Å². The number of urea groups is 1. The Hall–Kier alpha value is -1.91. The Morgan fingerprint density at radius 2 is 2.17 bits per heavy atom. The minimum Gasteiger partial charge on any atom is -0.504 e. The average Bonchev–Trinajstić information content (AvgIpc) is 2.28. The zero-order valence-corrected chi connectivity index (χ0v) is 11.2. The maximum absolute atomic E-state index is 11.7. The summed E-state index contributed by atoms with van der Waals surface area (Å²) in [6.07, 6.45) is 0. The van der Waals surface area contributed by atoms with Crippen molar-refractivity contribution in [3.8, 4) is 11.5 Å². The van der Waals surface area contributed by atoms with E-state index < -0.39 is 0 Å². The van der Waals surface area contributed by atoms with Crippen LogP contribution in [0.2, 0.25) is 0 Å². The van der Waals surface area contributed by atoms with Crippen LogP contribution in [-0.4, -0.2) is 36.2 Å². The summed E-state index contributed by atoms with van der Waals surface area (Å²) in [5, 5.41) is 12.4. The molecule has 5 heteroatoms. The molecular formula is C13H20N2O3.